The van der Waals surface area contributed by atoms with Crippen molar-refractivity contribution in [1.29, 1.82) is 0 Å². The highest BCUT2D eigenvalue weighted by atomic mass is 35.5. The maximum absolute atomic E-state index is 13.4. The molecule has 0 unspecified atom stereocenters. The van der Waals surface area contributed by atoms with Gasteiger partial charge in [0.25, 0.3) is 0 Å². The van der Waals surface area contributed by atoms with Crippen molar-refractivity contribution in [2.45, 2.75) is 0 Å². The molecule has 0 saturated carbocycles. The van der Waals surface area contributed by atoms with Crippen molar-refractivity contribution in [3.05, 3.63) is 75.2 Å². The maximum Gasteiger partial charge on any atom is 0.677 e. The van der Waals surface area contributed by atoms with Gasteiger partial charge in [0.05, 0.1) is 15.7 Å². The van der Waals surface area contributed by atoms with Crippen LogP contribution in [-0.4, -0.2) is 24.4 Å². The third-order valence-electron chi connectivity index (χ3n) is 3.49. The molecule has 0 bridgehead atoms. The topological polar surface area (TPSA) is 34.4 Å². The van der Waals surface area contributed by atoms with Crippen LogP contribution < -0.4 is 0 Å². The number of aliphatic imine (C=N–C) groups is 1. The van der Waals surface area contributed by atoms with Gasteiger partial charge in [0.15, 0.2) is 6.29 Å². The second kappa shape index (κ2) is 6.75. The van der Waals surface area contributed by atoms with Gasteiger partial charge >= 0.3 is 7.40 Å². The van der Waals surface area contributed by atoms with Crippen LogP contribution in [0, 0.1) is 0 Å². The lowest BCUT2D eigenvalue weighted by Crippen LogP contribution is -2.15. The molecule has 1 aromatic carbocycles. The summed E-state index contributed by atoms with van der Waals surface area (Å²) < 4.78 is 27.6. The smallest absolute Gasteiger partial charge is 0.331 e. The van der Waals surface area contributed by atoms with Gasteiger partial charge in [0.1, 0.15) is 0 Å². The number of hydrogen-bond acceptors (Lipinski definition) is 2. The van der Waals surface area contributed by atoms with Gasteiger partial charge in [-0.3, -0.25) is 18.4 Å². The molecule has 2 heterocycles. The average Bonchev–Trinajstić information content (AvgIpc) is 3.20. The second-order valence-electron chi connectivity index (χ2n) is 4.96. The number of carbonyl (C=O) groups is 1. The van der Waals surface area contributed by atoms with Gasteiger partial charge in [-0.25, -0.2) is 0 Å². The molecule has 0 aliphatic carbocycles. The molecule has 3 rings (SSSR count). The summed E-state index contributed by atoms with van der Waals surface area (Å²) in [4.78, 5) is 15.2. The number of halogens is 4. The molecule has 120 valence electrons. The zero-order chi connectivity index (χ0) is 17.3. The van der Waals surface area contributed by atoms with E-state index in [-0.39, 0.29) is 11.3 Å². The van der Waals surface area contributed by atoms with Crippen LogP contribution in [0.25, 0.3) is 5.57 Å². The van der Waals surface area contributed by atoms with E-state index in [1.807, 2.05) is 0 Å². The number of rotatable bonds is 4. The largest absolute Gasteiger partial charge is 0.677 e. The lowest BCUT2D eigenvalue weighted by atomic mass is 9.98. The SMILES string of the molecule is O=Cc1cc(/C(=C2/C=CC=N2)c2c(Cl)cccc2Cl)n(B(F)F)c1. The molecule has 1 aromatic heterocycles. The van der Waals surface area contributed by atoms with Crippen molar-refractivity contribution in [2.24, 2.45) is 4.99 Å². The second-order valence-corrected chi connectivity index (χ2v) is 5.77. The molecular weight excluding hydrogens is 356 g/mol. The lowest BCUT2D eigenvalue weighted by Gasteiger charge is -2.15. The third kappa shape index (κ3) is 2.95. The lowest BCUT2D eigenvalue weighted by molar-refractivity contribution is 0.112. The van der Waals surface area contributed by atoms with Crippen LogP contribution in [0.15, 0.2) is 53.3 Å². The fourth-order valence-electron chi connectivity index (χ4n) is 2.50. The minimum absolute atomic E-state index is 0.112. The molecule has 0 saturated heterocycles. The van der Waals surface area contributed by atoms with Gasteiger partial charge in [0.2, 0.25) is 0 Å². The van der Waals surface area contributed by atoms with E-state index in [2.05, 4.69) is 4.99 Å². The van der Waals surface area contributed by atoms with Crippen molar-refractivity contribution in [3.8, 4) is 0 Å². The Morgan fingerprint density at radius 1 is 1.25 bits per heavy atom. The summed E-state index contributed by atoms with van der Waals surface area (Å²) >= 11 is 12.5. The van der Waals surface area contributed by atoms with E-state index in [1.54, 1.807) is 30.4 Å². The molecule has 24 heavy (non-hydrogen) atoms. The van der Waals surface area contributed by atoms with Crippen LogP contribution in [0.2, 0.25) is 10.0 Å². The minimum Gasteiger partial charge on any atom is -0.331 e. The number of aromatic nitrogens is 1. The number of nitrogens with zero attached hydrogens (tertiary/aromatic N) is 2. The fourth-order valence-corrected chi connectivity index (χ4v) is 3.09. The molecule has 0 atom stereocenters. The number of hydrogen-bond donors (Lipinski definition) is 0. The molecule has 0 fully saturated rings. The van der Waals surface area contributed by atoms with Crippen molar-refractivity contribution < 1.29 is 13.4 Å². The zero-order valence-corrected chi connectivity index (χ0v) is 13.6. The Bertz CT molecular complexity index is 869. The highest BCUT2D eigenvalue weighted by Crippen LogP contribution is 2.39. The highest BCUT2D eigenvalue weighted by molar-refractivity contribution is 6.42. The van der Waals surface area contributed by atoms with Crippen LogP contribution in [0.5, 0.6) is 0 Å². The summed E-state index contributed by atoms with van der Waals surface area (Å²) in [6, 6.07) is 6.25. The Labute approximate surface area is 147 Å². The molecule has 8 heteroatoms. The van der Waals surface area contributed by atoms with Crippen LogP contribution in [-0.2, 0) is 0 Å². The summed E-state index contributed by atoms with van der Waals surface area (Å²) in [5, 5.41) is 0.602. The molecule has 2 aromatic rings. The van der Waals surface area contributed by atoms with Crippen LogP contribution >= 0.6 is 23.2 Å². The van der Waals surface area contributed by atoms with E-state index >= 15 is 0 Å². The first-order chi connectivity index (χ1) is 11.5. The Hall–Kier alpha value is -2.18. The monoisotopic (exact) mass is 364 g/mol. The van der Waals surface area contributed by atoms with E-state index < -0.39 is 7.40 Å². The highest BCUT2D eigenvalue weighted by Gasteiger charge is 2.27. The van der Waals surface area contributed by atoms with Crippen LogP contribution in [0.1, 0.15) is 21.6 Å². The van der Waals surface area contributed by atoms with E-state index in [0.717, 1.165) is 6.20 Å². The van der Waals surface area contributed by atoms with Crippen LogP contribution in [0.4, 0.5) is 8.63 Å². The molecule has 0 spiro atoms. The van der Waals surface area contributed by atoms with Gasteiger partial charge in [-0.05, 0) is 30.4 Å². The van der Waals surface area contributed by atoms with Crippen molar-refractivity contribution in [2.75, 3.05) is 0 Å². The number of carbonyl (C=O) groups excluding carboxylic acids is 1. The van der Waals surface area contributed by atoms with E-state index in [4.69, 9.17) is 23.2 Å². The molecule has 0 amide bonds. The predicted molar refractivity (Wildman–Crippen MR) is 93.3 cm³/mol. The first-order valence-corrected chi connectivity index (χ1v) is 7.63. The van der Waals surface area contributed by atoms with Crippen LogP contribution in [0.3, 0.4) is 0 Å². The Balaban J connectivity index is 2.36. The summed E-state index contributed by atoms with van der Waals surface area (Å²) in [5.74, 6) is 0. The summed E-state index contributed by atoms with van der Waals surface area (Å²) in [7, 11) is -2.83. The molecular formula is C16H9BCl2F2N2O. The minimum atomic E-state index is -2.83. The normalized spacial score (nSPS) is 15.0. The molecule has 0 N–H and O–H groups in total. The van der Waals surface area contributed by atoms with E-state index in [9.17, 15) is 13.4 Å². The summed E-state index contributed by atoms with van der Waals surface area (Å²) in [6.45, 7) is 0. The van der Waals surface area contributed by atoms with E-state index in [0.29, 0.717) is 37.6 Å². The maximum atomic E-state index is 13.4. The summed E-state index contributed by atoms with van der Waals surface area (Å²) in [6.07, 6.45) is 6.47. The fraction of sp³-hybridized carbons (Fsp3) is 0. The number of aldehydes is 1. The van der Waals surface area contributed by atoms with Gasteiger partial charge in [-0.15, -0.1) is 0 Å². The van der Waals surface area contributed by atoms with Crippen molar-refractivity contribution in [3.63, 3.8) is 0 Å². The first kappa shape index (κ1) is 16.7. The molecule has 0 radical (unpaired) electrons. The Morgan fingerprint density at radius 3 is 2.50 bits per heavy atom. The number of benzene rings is 1. The molecule has 1 aliphatic heterocycles. The standard InChI is InChI=1S/C16H9BCl2F2N2O/c18-11-3-1-4-12(19)15(11)16(13-5-2-6-22-13)14-7-10(9-24)8-23(14)17(20)21/h1-9H/b16-13+. The first-order valence-electron chi connectivity index (χ1n) is 6.88. The van der Waals surface area contributed by atoms with Crippen molar-refractivity contribution in [1.82, 2.24) is 4.48 Å². The summed E-state index contributed by atoms with van der Waals surface area (Å²) in [5.41, 5.74) is 1.39. The quantitative estimate of drug-likeness (QED) is 0.567. The Kier molecular flexibility index (Phi) is 4.69. The van der Waals surface area contributed by atoms with E-state index in [1.165, 1.54) is 12.3 Å². The number of allylic oxidation sites excluding steroid dienone is 2. The molecule has 3 nitrogen and oxygen atoms in total. The van der Waals surface area contributed by atoms with Gasteiger partial charge in [-0.2, -0.15) is 0 Å². The van der Waals surface area contributed by atoms with Crippen molar-refractivity contribution >= 4 is 48.7 Å². The van der Waals surface area contributed by atoms with Gasteiger partial charge < -0.3 is 4.48 Å². The predicted octanol–water partition coefficient (Wildman–Crippen LogP) is 4.78. The Morgan fingerprint density at radius 2 is 1.96 bits per heavy atom. The van der Waals surface area contributed by atoms with Gasteiger partial charge in [-0.1, -0.05) is 29.3 Å². The average molecular weight is 365 g/mol. The van der Waals surface area contributed by atoms with Gasteiger partial charge in [0, 0.05) is 34.8 Å². The third-order valence-corrected chi connectivity index (χ3v) is 4.12. The zero-order valence-electron chi connectivity index (χ0n) is 12.1. The molecule has 1 aliphatic rings.